The molecule has 0 radical (unpaired) electrons. The van der Waals surface area contributed by atoms with E-state index in [4.69, 9.17) is 0 Å². The van der Waals surface area contributed by atoms with E-state index in [1.165, 1.54) is 49.0 Å². The van der Waals surface area contributed by atoms with Crippen LogP contribution in [0.4, 0.5) is 5.69 Å². The maximum Gasteiger partial charge on any atom is 0.0366 e. The highest BCUT2D eigenvalue weighted by molar-refractivity contribution is 5.49. The molecule has 1 aliphatic rings. The third kappa shape index (κ3) is 3.49. The highest BCUT2D eigenvalue weighted by Gasteiger charge is 2.13. The molecule has 2 nitrogen and oxygen atoms in total. The van der Waals surface area contributed by atoms with Crippen LogP contribution in [0.25, 0.3) is 0 Å². The summed E-state index contributed by atoms with van der Waals surface area (Å²) in [4.78, 5) is 2.38. The fourth-order valence-corrected chi connectivity index (χ4v) is 2.61. The summed E-state index contributed by atoms with van der Waals surface area (Å²) in [7, 11) is 2.20. The smallest absolute Gasteiger partial charge is 0.0366 e. The van der Waals surface area contributed by atoms with Crippen molar-refractivity contribution >= 4 is 5.69 Å². The molecule has 0 saturated carbocycles. The van der Waals surface area contributed by atoms with Crippen molar-refractivity contribution in [2.24, 2.45) is 0 Å². The molecule has 0 spiro atoms. The molecular weight excluding hydrogens is 220 g/mol. The maximum absolute atomic E-state index is 3.62. The Morgan fingerprint density at radius 2 is 2.06 bits per heavy atom. The molecule has 100 valence electrons. The second-order valence-corrected chi connectivity index (χ2v) is 5.63. The van der Waals surface area contributed by atoms with E-state index in [9.17, 15) is 0 Å². The molecule has 0 aromatic heterocycles. The average molecular weight is 246 g/mol. The van der Waals surface area contributed by atoms with Gasteiger partial charge >= 0.3 is 0 Å². The number of piperidine rings is 1. The molecule has 1 aliphatic heterocycles. The summed E-state index contributed by atoms with van der Waals surface area (Å²) in [5.41, 5.74) is 4.10. The van der Waals surface area contributed by atoms with Gasteiger partial charge in [0.15, 0.2) is 0 Å². The quantitative estimate of drug-likeness (QED) is 0.877. The van der Waals surface area contributed by atoms with Crippen LogP contribution in [0.2, 0.25) is 0 Å². The number of nitrogens with zero attached hydrogens (tertiary/aromatic N) is 1. The average Bonchev–Trinajstić information content (AvgIpc) is 2.40. The van der Waals surface area contributed by atoms with Crippen LogP contribution in [0.15, 0.2) is 18.2 Å². The third-order valence-corrected chi connectivity index (χ3v) is 4.16. The van der Waals surface area contributed by atoms with Crippen molar-refractivity contribution in [1.29, 1.82) is 0 Å². The first-order chi connectivity index (χ1) is 8.66. The van der Waals surface area contributed by atoms with Gasteiger partial charge in [0.05, 0.1) is 0 Å². The van der Waals surface area contributed by atoms with Crippen LogP contribution in [0, 0.1) is 13.8 Å². The van der Waals surface area contributed by atoms with Gasteiger partial charge in [0.1, 0.15) is 0 Å². The highest BCUT2D eigenvalue weighted by Crippen LogP contribution is 2.19. The van der Waals surface area contributed by atoms with Crippen molar-refractivity contribution in [2.45, 2.75) is 45.6 Å². The van der Waals surface area contributed by atoms with E-state index in [-0.39, 0.29) is 0 Å². The molecule has 1 aromatic rings. The minimum absolute atomic E-state index is 0.729. The van der Waals surface area contributed by atoms with Gasteiger partial charge in [0.25, 0.3) is 0 Å². The predicted molar refractivity (Wildman–Crippen MR) is 79.4 cm³/mol. The van der Waals surface area contributed by atoms with Crippen molar-refractivity contribution < 1.29 is 0 Å². The number of aryl methyl sites for hydroxylation is 2. The van der Waals surface area contributed by atoms with Crippen molar-refractivity contribution in [2.75, 3.05) is 25.0 Å². The van der Waals surface area contributed by atoms with E-state index in [0.717, 1.165) is 12.6 Å². The topological polar surface area (TPSA) is 15.3 Å². The van der Waals surface area contributed by atoms with Gasteiger partial charge in [-0.05, 0) is 62.9 Å². The van der Waals surface area contributed by atoms with Gasteiger partial charge in [-0.25, -0.2) is 0 Å². The zero-order valence-corrected chi connectivity index (χ0v) is 12.0. The fraction of sp³-hybridized carbons (Fsp3) is 0.625. The van der Waals surface area contributed by atoms with Gasteiger partial charge < -0.3 is 10.2 Å². The minimum Gasteiger partial charge on any atom is -0.375 e. The summed E-state index contributed by atoms with van der Waals surface area (Å²) in [6.07, 6.45) is 5.35. The van der Waals surface area contributed by atoms with Crippen LogP contribution < -0.4 is 10.2 Å². The number of nitrogens with one attached hydrogen (secondary N) is 1. The summed E-state index contributed by atoms with van der Waals surface area (Å²) in [6, 6.07) is 7.48. The van der Waals surface area contributed by atoms with Gasteiger partial charge in [-0.3, -0.25) is 0 Å². The molecule has 1 N–H and O–H groups in total. The van der Waals surface area contributed by atoms with Crippen LogP contribution in [-0.4, -0.2) is 26.2 Å². The summed E-state index contributed by atoms with van der Waals surface area (Å²) in [5, 5.41) is 3.62. The monoisotopic (exact) mass is 246 g/mol. The molecule has 2 rings (SSSR count). The van der Waals surface area contributed by atoms with Gasteiger partial charge in [0.2, 0.25) is 0 Å². The second-order valence-electron chi connectivity index (χ2n) is 5.63. The lowest BCUT2D eigenvalue weighted by atomic mass is 10.0. The lowest BCUT2D eigenvalue weighted by molar-refractivity contribution is 0.384. The van der Waals surface area contributed by atoms with E-state index >= 15 is 0 Å². The first-order valence-corrected chi connectivity index (χ1v) is 7.18. The Labute approximate surface area is 111 Å². The Kier molecular flexibility index (Phi) is 4.65. The molecule has 1 aromatic carbocycles. The molecule has 1 fully saturated rings. The molecule has 1 saturated heterocycles. The fourth-order valence-electron chi connectivity index (χ4n) is 2.61. The molecule has 0 amide bonds. The Hall–Kier alpha value is -1.02. The number of hydrogen-bond donors (Lipinski definition) is 1. The van der Waals surface area contributed by atoms with E-state index in [1.54, 1.807) is 0 Å². The van der Waals surface area contributed by atoms with Crippen LogP contribution >= 0.6 is 0 Å². The van der Waals surface area contributed by atoms with E-state index in [1.807, 2.05) is 0 Å². The minimum atomic E-state index is 0.729. The lowest BCUT2D eigenvalue weighted by Gasteiger charge is -2.27. The summed E-state index contributed by atoms with van der Waals surface area (Å²) in [6.45, 7) is 6.71. The van der Waals surface area contributed by atoms with Crippen LogP contribution in [0.1, 0.15) is 36.8 Å². The van der Waals surface area contributed by atoms with Crippen molar-refractivity contribution in [1.82, 2.24) is 5.32 Å². The van der Waals surface area contributed by atoms with Crippen molar-refractivity contribution in [3.63, 3.8) is 0 Å². The predicted octanol–water partition coefficient (Wildman–Crippen LogP) is 3.27. The van der Waals surface area contributed by atoms with Crippen molar-refractivity contribution in [3.8, 4) is 0 Å². The molecule has 0 bridgehead atoms. The summed E-state index contributed by atoms with van der Waals surface area (Å²) in [5.74, 6) is 0. The first kappa shape index (κ1) is 13.4. The second kappa shape index (κ2) is 6.24. The molecule has 1 unspecified atom stereocenters. The zero-order valence-electron chi connectivity index (χ0n) is 12.0. The van der Waals surface area contributed by atoms with Gasteiger partial charge in [-0.15, -0.1) is 0 Å². The Balaban J connectivity index is 1.86. The normalized spacial score (nSPS) is 19.8. The number of anilines is 1. The number of benzene rings is 1. The largest absolute Gasteiger partial charge is 0.375 e. The van der Waals surface area contributed by atoms with Crippen LogP contribution in [0.3, 0.4) is 0 Å². The Bertz CT molecular complexity index is 381. The lowest BCUT2D eigenvalue weighted by Crippen LogP contribution is -2.36. The Morgan fingerprint density at radius 1 is 1.22 bits per heavy atom. The molecular formula is C16H26N2. The zero-order chi connectivity index (χ0) is 13.0. The standard InChI is InChI=1S/C16H26N2/c1-13-7-8-16(12-14(13)2)18(3)11-9-15-6-4-5-10-17-15/h7-8,12,15,17H,4-6,9-11H2,1-3H3. The molecule has 0 aliphatic carbocycles. The first-order valence-electron chi connectivity index (χ1n) is 7.18. The van der Waals surface area contributed by atoms with Gasteiger partial charge in [-0.1, -0.05) is 12.5 Å². The third-order valence-electron chi connectivity index (χ3n) is 4.16. The van der Waals surface area contributed by atoms with E-state index < -0.39 is 0 Å². The SMILES string of the molecule is Cc1ccc(N(C)CCC2CCCCN2)cc1C. The van der Waals surface area contributed by atoms with Crippen LogP contribution in [0.5, 0.6) is 0 Å². The molecule has 1 heterocycles. The number of rotatable bonds is 4. The van der Waals surface area contributed by atoms with Crippen molar-refractivity contribution in [3.05, 3.63) is 29.3 Å². The van der Waals surface area contributed by atoms with E-state index in [0.29, 0.717) is 0 Å². The van der Waals surface area contributed by atoms with Crippen LogP contribution in [-0.2, 0) is 0 Å². The van der Waals surface area contributed by atoms with E-state index in [2.05, 4.69) is 49.3 Å². The Morgan fingerprint density at radius 3 is 2.72 bits per heavy atom. The summed E-state index contributed by atoms with van der Waals surface area (Å²) >= 11 is 0. The summed E-state index contributed by atoms with van der Waals surface area (Å²) < 4.78 is 0. The maximum atomic E-state index is 3.62. The number of hydrogen-bond acceptors (Lipinski definition) is 2. The highest BCUT2D eigenvalue weighted by atomic mass is 15.1. The molecule has 18 heavy (non-hydrogen) atoms. The van der Waals surface area contributed by atoms with Gasteiger partial charge in [0, 0.05) is 25.3 Å². The molecule has 2 heteroatoms. The van der Waals surface area contributed by atoms with Gasteiger partial charge in [-0.2, -0.15) is 0 Å². The molecule has 1 atom stereocenters.